The van der Waals surface area contributed by atoms with E-state index in [4.69, 9.17) is 0 Å². The summed E-state index contributed by atoms with van der Waals surface area (Å²) in [7, 11) is 0. The van der Waals surface area contributed by atoms with Gasteiger partial charge in [0, 0.05) is 12.8 Å². The number of aryl methyl sites for hydroxylation is 4. The first-order valence-corrected chi connectivity index (χ1v) is 12.1. The van der Waals surface area contributed by atoms with E-state index in [0.29, 0.717) is 0 Å². The quantitative estimate of drug-likeness (QED) is 0.292. The molecule has 0 fully saturated rings. The third kappa shape index (κ3) is 7.08. The lowest BCUT2D eigenvalue weighted by Crippen LogP contribution is -1.91. The molecular weight excluding hydrogens is 372 g/mol. The molecule has 154 valence electrons. The first-order chi connectivity index (χ1) is 14.3. The van der Waals surface area contributed by atoms with Crippen LogP contribution in [0.25, 0.3) is 11.1 Å². The average molecular weight is 407 g/mol. The Labute approximate surface area is 180 Å². The van der Waals surface area contributed by atoms with Crippen molar-refractivity contribution in [1.29, 1.82) is 0 Å². The van der Waals surface area contributed by atoms with Gasteiger partial charge in [0.25, 0.3) is 0 Å². The van der Waals surface area contributed by atoms with Gasteiger partial charge < -0.3 is 0 Å². The molecule has 2 nitrogen and oxygen atoms in total. The lowest BCUT2D eigenvalue weighted by Gasteiger charge is -2.05. The molecule has 0 saturated carbocycles. The lowest BCUT2D eigenvalue weighted by atomic mass is 10.00. The number of nitrogens with zero attached hydrogens (tertiary/aromatic N) is 2. The summed E-state index contributed by atoms with van der Waals surface area (Å²) in [4.78, 5) is 0. The zero-order valence-corrected chi connectivity index (χ0v) is 18.8. The van der Waals surface area contributed by atoms with Gasteiger partial charge in [-0.2, -0.15) is 0 Å². The van der Waals surface area contributed by atoms with Gasteiger partial charge in [0.1, 0.15) is 10.0 Å². The molecule has 0 aliphatic heterocycles. The standard InChI is InChI=1S/C26H34N2S/c1-3-5-6-7-8-10-25-27-28-26(29-25)20-15-22-13-18-24(19-14-22)23-16-11-21(9-4-2)12-17-23/h11-14,16-19H,3-10,15,20H2,1-2H3. The number of rotatable bonds is 12. The minimum Gasteiger partial charge on any atom is -0.144 e. The van der Waals surface area contributed by atoms with Crippen LogP contribution >= 0.6 is 11.3 Å². The zero-order chi connectivity index (χ0) is 20.3. The number of hydrogen-bond donors (Lipinski definition) is 0. The smallest absolute Gasteiger partial charge is 0.117 e. The second kappa shape index (κ2) is 11.9. The van der Waals surface area contributed by atoms with Crippen molar-refractivity contribution in [3.05, 3.63) is 69.7 Å². The highest BCUT2D eigenvalue weighted by Crippen LogP contribution is 2.22. The van der Waals surface area contributed by atoms with Crippen LogP contribution in [0.3, 0.4) is 0 Å². The van der Waals surface area contributed by atoms with E-state index in [1.54, 1.807) is 11.3 Å². The minimum atomic E-state index is 0.985. The molecule has 3 rings (SSSR count). The van der Waals surface area contributed by atoms with E-state index in [-0.39, 0.29) is 0 Å². The molecule has 0 saturated heterocycles. The van der Waals surface area contributed by atoms with Gasteiger partial charge in [0.05, 0.1) is 0 Å². The Balaban J connectivity index is 1.46. The van der Waals surface area contributed by atoms with Gasteiger partial charge in [-0.25, -0.2) is 0 Å². The number of unbranched alkanes of at least 4 members (excludes halogenated alkanes) is 4. The fraction of sp³-hybridized carbons (Fsp3) is 0.462. The third-order valence-corrected chi connectivity index (χ3v) is 6.45. The normalized spacial score (nSPS) is 11.1. The Bertz CT molecular complexity index is 834. The summed E-state index contributed by atoms with van der Waals surface area (Å²) in [5, 5.41) is 11.2. The van der Waals surface area contributed by atoms with Crippen molar-refractivity contribution in [3.8, 4) is 11.1 Å². The van der Waals surface area contributed by atoms with E-state index in [0.717, 1.165) is 25.7 Å². The van der Waals surface area contributed by atoms with E-state index >= 15 is 0 Å². The number of hydrogen-bond acceptors (Lipinski definition) is 3. The monoisotopic (exact) mass is 406 g/mol. The Morgan fingerprint density at radius 2 is 1.10 bits per heavy atom. The van der Waals surface area contributed by atoms with Crippen LogP contribution in [0.5, 0.6) is 0 Å². The molecule has 0 spiro atoms. The summed E-state index contributed by atoms with van der Waals surface area (Å²) in [6.07, 6.45) is 12.0. The minimum absolute atomic E-state index is 0.985. The van der Waals surface area contributed by atoms with E-state index in [1.807, 2.05) is 0 Å². The van der Waals surface area contributed by atoms with E-state index in [1.165, 1.54) is 70.8 Å². The molecule has 0 aliphatic rings. The summed E-state index contributed by atoms with van der Waals surface area (Å²) >= 11 is 1.80. The van der Waals surface area contributed by atoms with Crippen LogP contribution in [-0.4, -0.2) is 10.2 Å². The van der Waals surface area contributed by atoms with Crippen molar-refractivity contribution in [2.45, 2.75) is 78.1 Å². The molecule has 3 aromatic rings. The average Bonchev–Trinajstić information content (AvgIpc) is 3.21. The molecule has 0 radical (unpaired) electrons. The first kappa shape index (κ1) is 21.7. The molecule has 0 unspecified atom stereocenters. The molecular formula is C26H34N2S. The molecule has 29 heavy (non-hydrogen) atoms. The van der Waals surface area contributed by atoms with Gasteiger partial charge in [-0.05, 0) is 41.5 Å². The summed E-state index contributed by atoms with van der Waals surface area (Å²) in [6.45, 7) is 4.49. The maximum atomic E-state index is 4.40. The van der Waals surface area contributed by atoms with Crippen molar-refractivity contribution >= 4 is 11.3 Å². The molecule has 0 aliphatic carbocycles. The van der Waals surface area contributed by atoms with Gasteiger partial charge in [-0.3, -0.25) is 0 Å². The number of benzene rings is 2. The van der Waals surface area contributed by atoms with Crippen LogP contribution in [0, 0.1) is 0 Å². The second-order valence-corrected chi connectivity index (χ2v) is 9.04. The maximum Gasteiger partial charge on any atom is 0.117 e. The van der Waals surface area contributed by atoms with E-state index in [2.05, 4.69) is 72.6 Å². The predicted octanol–water partition coefficient (Wildman–Crippen LogP) is 7.46. The van der Waals surface area contributed by atoms with Crippen molar-refractivity contribution < 1.29 is 0 Å². The Morgan fingerprint density at radius 3 is 1.69 bits per heavy atom. The van der Waals surface area contributed by atoms with Gasteiger partial charge in [0.2, 0.25) is 0 Å². The Hall–Kier alpha value is -2.00. The molecule has 2 aromatic carbocycles. The first-order valence-electron chi connectivity index (χ1n) is 11.3. The molecule has 1 aromatic heterocycles. The molecule has 1 heterocycles. The highest BCUT2D eigenvalue weighted by atomic mass is 32.1. The zero-order valence-electron chi connectivity index (χ0n) is 18.0. The third-order valence-electron chi connectivity index (χ3n) is 5.41. The lowest BCUT2D eigenvalue weighted by molar-refractivity contribution is 0.629. The highest BCUT2D eigenvalue weighted by molar-refractivity contribution is 7.11. The van der Waals surface area contributed by atoms with Gasteiger partial charge in [-0.15, -0.1) is 21.5 Å². The van der Waals surface area contributed by atoms with Crippen molar-refractivity contribution in [3.63, 3.8) is 0 Å². The van der Waals surface area contributed by atoms with Crippen LogP contribution in [0.2, 0.25) is 0 Å². The fourth-order valence-electron chi connectivity index (χ4n) is 3.64. The Kier molecular flexibility index (Phi) is 8.88. The summed E-state index contributed by atoms with van der Waals surface area (Å²) in [5.74, 6) is 0. The van der Waals surface area contributed by atoms with Crippen molar-refractivity contribution in [1.82, 2.24) is 10.2 Å². The SMILES string of the molecule is CCCCCCCc1nnc(CCc2ccc(-c3ccc(CCC)cc3)cc2)s1. The van der Waals surface area contributed by atoms with Crippen LogP contribution in [-0.2, 0) is 25.7 Å². The molecule has 3 heteroatoms. The summed E-state index contributed by atoms with van der Waals surface area (Å²) < 4.78 is 0. The molecule has 0 amide bonds. The summed E-state index contributed by atoms with van der Waals surface area (Å²) in [6, 6.07) is 18.0. The van der Waals surface area contributed by atoms with Crippen molar-refractivity contribution in [2.24, 2.45) is 0 Å². The van der Waals surface area contributed by atoms with Gasteiger partial charge in [-0.1, -0.05) is 94.5 Å². The van der Waals surface area contributed by atoms with E-state index in [9.17, 15) is 0 Å². The van der Waals surface area contributed by atoms with Crippen LogP contribution in [0.4, 0.5) is 0 Å². The molecule has 0 atom stereocenters. The number of aromatic nitrogens is 2. The topological polar surface area (TPSA) is 25.8 Å². The fourth-order valence-corrected chi connectivity index (χ4v) is 4.52. The molecule has 0 N–H and O–H groups in total. The predicted molar refractivity (Wildman–Crippen MR) is 126 cm³/mol. The Morgan fingerprint density at radius 1 is 0.552 bits per heavy atom. The van der Waals surface area contributed by atoms with Crippen LogP contribution in [0.15, 0.2) is 48.5 Å². The van der Waals surface area contributed by atoms with Crippen LogP contribution < -0.4 is 0 Å². The van der Waals surface area contributed by atoms with Gasteiger partial charge >= 0.3 is 0 Å². The van der Waals surface area contributed by atoms with E-state index < -0.39 is 0 Å². The summed E-state index contributed by atoms with van der Waals surface area (Å²) in [5.41, 5.74) is 5.38. The molecule has 0 bridgehead atoms. The highest BCUT2D eigenvalue weighted by Gasteiger charge is 2.05. The van der Waals surface area contributed by atoms with Crippen LogP contribution in [0.1, 0.15) is 73.5 Å². The largest absolute Gasteiger partial charge is 0.144 e. The maximum absolute atomic E-state index is 4.40. The van der Waals surface area contributed by atoms with Gasteiger partial charge in [0.15, 0.2) is 0 Å². The van der Waals surface area contributed by atoms with Crippen molar-refractivity contribution in [2.75, 3.05) is 0 Å². The second-order valence-electron chi connectivity index (χ2n) is 7.90.